The van der Waals surface area contributed by atoms with Gasteiger partial charge in [0, 0.05) is 37.7 Å². The zero-order valence-corrected chi connectivity index (χ0v) is 15.5. The van der Waals surface area contributed by atoms with Crippen molar-refractivity contribution in [1.82, 2.24) is 20.2 Å². The van der Waals surface area contributed by atoms with Crippen molar-refractivity contribution in [3.8, 4) is 11.3 Å². The van der Waals surface area contributed by atoms with Crippen molar-refractivity contribution < 1.29 is 4.79 Å². The third-order valence-electron chi connectivity index (χ3n) is 4.95. The van der Waals surface area contributed by atoms with E-state index in [0.29, 0.717) is 25.3 Å². The number of hydrogen-bond acceptors (Lipinski definition) is 4. The zero-order chi connectivity index (χ0) is 18.2. The Balaban J connectivity index is 1.41. The fourth-order valence-electron chi connectivity index (χ4n) is 3.54. The van der Waals surface area contributed by atoms with Gasteiger partial charge in [-0.25, -0.2) is 9.97 Å². The molecule has 1 amide bonds. The fraction of sp³-hybridized carbons (Fsp3) is 0.476. The lowest BCUT2D eigenvalue weighted by atomic mass is 9.93. The number of hydrogen-bond donors (Lipinski definition) is 1. The predicted molar refractivity (Wildman–Crippen MR) is 104 cm³/mol. The third-order valence-corrected chi connectivity index (χ3v) is 4.95. The van der Waals surface area contributed by atoms with Crippen LogP contribution >= 0.6 is 0 Å². The van der Waals surface area contributed by atoms with Crippen LogP contribution in [0.4, 0.5) is 0 Å². The summed E-state index contributed by atoms with van der Waals surface area (Å²) < 4.78 is 0. The van der Waals surface area contributed by atoms with Crippen LogP contribution in [-0.2, 0) is 11.2 Å². The molecule has 1 fully saturated rings. The molecule has 3 rings (SSSR count). The Morgan fingerprint density at radius 2 is 2.12 bits per heavy atom. The second kappa shape index (κ2) is 9.43. The first kappa shape index (κ1) is 18.5. The lowest BCUT2D eigenvalue weighted by molar-refractivity contribution is -0.121. The SMILES string of the molecule is CN1CCCC(CCC(=O)NCCc2nccc(-c3ccccc3)n2)C1. The molecule has 1 N–H and O–H groups in total. The van der Waals surface area contributed by atoms with Crippen LogP contribution in [0.15, 0.2) is 42.6 Å². The van der Waals surface area contributed by atoms with Crippen LogP contribution in [0.2, 0.25) is 0 Å². The van der Waals surface area contributed by atoms with Crippen LogP contribution in [0.25, 0.3) is 11.3 Å². The van der Waals surface area contributed by atoms with Crippen LogP contribution in [0, 0.1) is 5.92 Å². The second-order valence-electron chi connectivity index (χ2n) is 7.13. The van der Waals surface area contributed by atoms with Gasteiger partial charge in [-0.3, -0.25) is 4.79 Å². The minimum Gasteiger partial charge on any atom is -0.356 e. The normalized spacial score (nSPS) is 17.8. The summed E-state index contributed by atoms with van der Waals surface area (Å²) in [6.45, 7) is 2.89. The number of piperidine rings is 1. The Kier molecular flexibility index (Phi) is 6.72. The molecular formula is C21H28N4O. The number of likely N-dealkylation sites (tertiary alicyclic amines) is 1. The first-order chi connectivity index (χ1) is 12.7. The molecule has 2 heterocycles. The van der Waals surface area contributed by atoms with Crippen LogP contribution in [0.1, 0.15) is 31.5 Å². The van der Waals surface area contributed by atoms with Gasteiger partial charge in [-0.2, -0.15) is 0 Å². The highest BCUT2D eigenvalue weighted by molar-refractivity contribution is 5.75. The summed E-state index contributed by atoms with van der Waals surface area (Å²) in [7, 11) is 2.16. The van der Waals surface area contributed by atoms with E-state index in [9.17, 15) is 4.79 Å². The highest BCUT2D eigenvalue weighted by Crippen LogP contribution is 2.19. The number of amides is 1. The third kappa shape index (κ3) is 5.63. The molecule has 2 aromatic rings. The highest BCUT2D eigenvalue weighted by Gasteiger charge is 2.17. The molecular weight excluding hydrogens is 324 g/mol. The average molecular weight is 352 g/mol. The van der Waals surface area contributed by atoms with E-state index in [4.69, 9.17) is 0 Å². The number of carbonyl (C=O) groups excluding carboxylic acids is 1. The number of rotatable bonds is 7. The molecule has 5 nitrogen and oxygen atoms in total. The molecule has 1 aliphatic rings. The van der Waals surface area contributed by atoms with Crippen LogP contribution in [-0.4, -0.2) is 47.5 Å². The van der Waals surface area contributed by atoms with Gasteiger partial charge in [-0.1, -0.05) is 30.3 Å². The molecule has 1 atom stereocenters. The van der Waals surface area contributed by atoms with E-state index in [1.54, 1.807) is 6.20 Å². The summed E-state index contributed by atoms with van der Waals surface area (Å²) >= 11 is 0. The van der Waals surface area contributed by atoms with Crippen LogP contribution < -0.4 is 5.32 Å². The summed E-state index contributed by atoms with van der Waals surface area (Å²) in [5.41, 5.74) is 2.00. The van der Waals surface area contributed by atoms with E-state index < -0.39 is 0 Å². The Morgan fingerprint density at radius 1 is 1.27 bits per heavy atom. The van der Waals surface area contributed by atoms with Gasteiger partial charge in [0.2, 0.25) is 5.91 Å². The Bertz CT molecular complexity index is 704. The van der Waals surface area contributed by atoms with E-state index in [-0.39, 0.29) is 5.91 Å². The number of nitrogens with zero attached hydrogens (tertiary/aromatic N) is 3. The van der Waals surface area contributed by atoms with Gasteiger partial charge in [0.1, 0.15) is 5.82 Å². The molecule has 1 aliphatic heterocycles. The fourth-order valence-corrected chi connectivity index (χ4v) is 3.54. The number of carbonyl (C=O) groups is 1. The molecule has 1 aromatic carbocycles. The van der Waals surface area contributed by atoms with Crippen molar-refractivity contribution >= 4 is 5.91 Å². The topological polar surface area (TPSA) is 58.1 Å². The van der Waals surface area contributed by atoms with Gasteiger partial charge in [0.05, 0.1) is 5.69 Å². The van der Waals surface area contributed by atoms with E-state index in [0.717, 1.165) is 30.0 Å². The van der Waals surface area contributed by atoms with Gasteiger partial charge in [0.25, 0.3) is 0 Å². The second-order valence-corrected chi connectivity index (χ2v) is 7.13. The lowest BCUT2D eigenvalue weighted by Crippen LogP contribution is -2.33. The molecule has 1 aromatic heterocycles. The molecule has 0 saturated carbocycles. The van der Waals surface area contributed by atoms with Gasteiger partial charge in [0.15, 0.2) is 0 Å². The van der Waals surface area contributed by atoms with E-state index >= 15 is 0 Å². The monoisotopic (exact) mass is 352 g/mol. The maximum atomic E-state index is 12.1. The van der Waals surface area contributed by atoms with Gasteiger partial charge in [-0.15, -0.1) is 0 Å². The van der Waals surface area contributed by atoms with Crippen LogP contribution in [0.5, 0.6) is 0 Å². The van der Waals surface area contributed by atoms with Gasteiger partial charge >= 0.3 is 0 Å². The zero-order valence-electron chi connectivity index (χ0n) is 15.5. The van der Waals surface area contributed by atoms with Gasteiger partial charge in [-0.05, 0) is 44.8 Å². The minimum absolute atomic E-state index is 0.137. The Hall–Kier alpha value is -2.27. The molecule has 5 heteroatoms. The van der Waals surface area contributed by atoms with E-state index in [2.05, 4.69) is 27.2 Å². The smallest absolute Gasteiger partial charge is 0.220 e. The van der Waals surface area contributed by atoms with Crippen LogP contribution in [0.3, 0.4) is 0 Å². The van der Waals surface area contributed by atoms with Crippen molar-refractivity contribution in [1.29, 1.82) is 0 Å². The molecule has 1 unspecified atom stereocenters. The van der Waals surface area contributed by atoms with Crippen molar-refractivity contribution in [2.24, 2.45) is 5.92 Å². The predicted octanol–water partition coefficient (Wildman–Crippen LogP) is 2.92. The number of benzene rings is 1. The lowest BCUT2D eigenvalue weighted by Gasteiger charge is -2.29. The minimum atomic E-state index is 0.137. The standard InChI is InChI=1S/C21H28N4O/c1-25-15-5-6-17(16-25)9-10-21(26)23-14-12-20-22-13-11-19(24-20)18-7-3-2-4-8-18/h2-4,7-8,11,13,17H,5-6,9-10,12,14-16H2,1H3,(H,23,26). The molecule has 0 radical (unpaired) electrons. The first-order valence-electron chi connectivity index (χ1n) is 9.53. The summed E-state index contributed by atoms with van der Waals surface area (Å²) in [4.78, 5) is 23.4. The molecule has 1 saturated heterocycles. The van der Waals surface area contributed by atoms with E-state index in [1.165, 1.54) is 19.4 Å². The average Bonchev–Trinajstić information content (AvgIpc) is 2.67. The molecule has 0 spiro atoms. The van der Waals surface area contributed by atoms with Crippen molar-refractivity contribution in [2.45, 2.75) is 32.1 Å². The Morgan fingerprint density at radius 3 is 2.92 bits per heavy atom. The Labute approximate surface area is 155 Å². The molecule has 0 aliphatic carbocycles. The summed E-state index contributed by atoms with van der Waals surface area (Å²) in [6, 6.07) is 12.0. The molecule has 138 valence electrons. The summed E-state index contributed by atoms with van der Waals surface area (Å²) in [6.07, 6.45) is 6.53. The number of aromatic nitrogens is 2. The summed E-state index contributed by atoms with van der Waals surface area (Å²) in [5, 5.41) is 3.01. The maximum absolute atomic E-state index is 12.1. The van der Waals surface area contributed by atoms with Crippen molar-refractivity contribution in [2.75, 3.05) is 26.7 Å². The largest absolute Gasteiger partial charge is 0.356 e. The number of nitrogens with one attached hydrogen (secondary N) is 1. The summed E-state index contributed by atoms with van der Waals surface area (Å²) in [5.74, 6) is 1.56. The van der Waals surface area contributed by atoms with Crippen molar-refractivity contribution in [3.63, 3.8) is 0 Å². The molecule has 0 bridgehead atoms. The maximum Gasteiger partial charge on any atom is 0.220 e. The highest BCUT2D eigenvalue weighted by atomic mass is 16.1. The quantitative estimate of drug-likeness (QED) is 0.832. The molecule has 26 heavy (non-hydrogen) atoms. The first-order valence-corrected chi connectivity index (χ1v) is 9.53. The van der Waals surface area contributed by atoms with E-state index in [1.807, 2.05) is 36.4 Å². The van der Waals surface area contributed by atoms with Gasteiger partial charge < -0.3 is 10.2 Å². The van der Waals surface area contributed by atoms with Crippen molar-refractivity contribution in [3.05, 3.63) is 48.4 Å².